The molecule has 0 amide bonds. The van der Waals surface area contributed by atoms with Gasteiger partial charge in [0.2, 0.25) is 0 Å². The molecule has 0 radical (unpaired) electrons. The zero-order valence-corrected chi connectivity index (χ0v) is 11.9. The lowest BCUT2D eigenvalue weighted by atomic mass is 10.1. The van der Waals surface area contributed by atoms with Crippen LogP contribution in [-0.4, -0.2) is 13.1 Å². The van der Waals surface area contributed by atoms with Gasteiger partial charge >= 0.3 is 0 Å². The van der Waals surface area contributed by atoms with Crippen LogP contribution in [0.25, 0.3) is 0 Å². The molecule has 0 saturated carbocycles. The van der Waals surface area contributed by atoms with Gasteiger partial charge in [-0.05, 0) is 51.1 Å². The van der Waals surface area contributed by atoms with Crippen LogP contribution in [-0.2, 0) is 0 Å². The fourth-order valence-electron chi connectivity index (χ4n) is 2.21. The molecule has 1 N–H and O–H groups in total. The summed E-state index contributed by atoms with van der Waals surface area (Å²) in [6.45, 7) is 8.56. The van der Waals surface area contributed by atoms with E-state index < -0.39 is 0 Å². The topological polar surface area (TPSA) is 28.4 Å². The molecule has 2 aromatic rings. The Bertz CT molecular complexity index is 472. The molecule has 102 valence electrons. The van der Waals surface area contributed by atoms with E-state index in [2.05, 4.69) is 55.3 Å². The van der Waals surface area contributed by atoms with Crippen LogP contribution in [0.1, 0.15) is 32.4 Å². The Morgan fingerprint density at radius 2 is 1.79 bits per heavy atom. The van der Waals surface area contributed by atoms with Gasteiger partial charge in [-0.3, -0.25) is 0 Å². The quantitative estimate of drug-likeness (QED) is 0.837. The lowest BCUT2D eigenvalue weighted by molar-refractivity contribution is 0.562. The van der Waals surface area contributed by atoms with Crippen molar-refractivity contribution >= 4 is 11.4 Å². The SMILES string of the molecule is CCN(CC)c1ccc(NC(C)c2ccoc2)cc1. The molecule has 19 heavy (non-hydrogen) atoms. The molecule has 1 aromatic heterocycles. The molecule has 1 heterocycles. The van der Waals surface area contributed by atoms with Crippen LogP contribution in [0, 0.1) is 0 Å². The van der Waals surface area contributed by atoms with Crippen LogP contribution in [0.2, 0.25) is 0 Å². The number of rotatable bonds is 6. The maximum Gasteiger partial charge on any atom is 0.0955 e. The zero-order chi connectivity index (χ0) is 13.7. The number of hydrogen-bond donors (Lipinski definition) is 1. The molecule has 0 spiro atoms. The van der Waals surface area contributed by atoms with E-state index >= 15 is 0 Å². The van der Waals surface area contributed by atoms with Crippen LogP contribution in [0.4, 0.5) is 11.4 Å². The van der Waals surface area contributed by atoms with Crippen LogP contribution in [0.15, 0.2) is 47.3 Å². The molecule has 0 fully saturated rings. The fraction of sp³-hybridized carbons (Fsp3) is 0.375. The number of benzene rings is 1. The molecular weight excluding hydrogens is 236 g/mol. The van der Waals surface area contributed by atoms with Crippen molar-refractivity contribution in [2.45, 2.75) is 26.8 Å². The summed E-state index contributed by atoms with van der Waals surface area (Å²) in [6.07, 6.45) is 3.49. The minimum absolute atomic E-state index is 0.248. The summed E-state index contributed by atoms with van der Waals surface area (Å²) in [6, 6.07) is 10.8. The highest BCUT2D eigenvalue weighted by Gasteiger charge is 2.07. The molecule has 1 unspecified atom stereocenters. The van der Waals surface area contributed by atoms with E-state index in [1.807, 2.05) is 6.07 Å². The Balaban J connectivity index is 2.02. The van der Waals surface area contributed by atoms with Crippen molar-refractivity contribution in [2.24, 2.45) is 0 Å². The zero-order valence-electron chi connectivity index (χ0n) is 11.9. The lowest BCUT2D eigenvalue weighted by Crippen LogP contribution is -2.21. The fourth-order valence-corrected chi connectivity index (χ4v) is 2.21. The van der Waals surface area contributed by atoms with E-state index in [1.54, 1.807) is 12.5 Å². The van der Waals surface area contributed by atoms with Crippen molar-refractivity contribution in [2.75, 3.05) is 23.3 Å². The Labute approximate surface area is 115 Å². The Morgan fingerprint density at radius 1 is 1.11 bits per heavy atom. The molecule has 3 nitrogen and oxygen atoms in total. The van der Waals surface area contributed by atoms with E-state index in [0.717, 1.165) is 24.3 Å². The average Bonchev–Trinajstić information content (AvgIpc) is 2.96. The third-order valence-electron chi connectivity index (χ3n) is 3.42. The standard InChI is InChI=1S/C16H22N2O/c1-4-18(5-2)16-8-6-15(7-9-16)17-13(3)14-10-11-19-12-14/h6-13,17H,4-5H2,1-3H3. The van der Waals surface area contributed by atoms with Gasteiger partial charge in [-0.25, -0.2) is 0 Å². The predicted octanol–water partition coefficient (Wildman–Crippen LogP) is 4.30. The van der Waals surface area contributed by atoms with Crippen LogP contribution < -0.4 is 10.2 Å². The first-order valence-electron chi connectivity index (χ1n) is 6.88. The first-order chi connectivity index (χ1) is 9.24. The van der Waals surface area contributed by atoms with E-state index in [1.165, 1.54) is 5.69 Å². The maximum absolute atomic E-state index is 5.11. The molecule has 3 heteroatoms. The summed E-state index contributed by atoms with van der Waals surface area (Å²) < 4.78 is 5.11. The molecule has 0 aliphatic heterocycles. The third kappa shape index (κ3) is 3.31. The van der Waals surface area contributed by atoms with Crippen molar-refractivity contribution in [3.05, 3.63) is 48.4 Å². The maximum atomic E-state index is 5.11. The number of furan rings is 1. The van der Waals surface area contributed by atoms with Gasteiger partial charge in [0.25, 0.3) is 0 Å². The van der Waals surface area contributed by atoms with Crippen LogP contribution >= 0.6 is 0 Å². The monoisotopic (exact) mass is 258 g/mol. The largest absolute Gasteiger partial charge is 0.472 e. The summed E-state index contributed by atoms with van der Waals surface area (Å²) >= 11 is 0. The van der Waals surface area contributed by atoms with Gasteiger partial charge in [-0.15, -0.1) is 0 Å². The Hall–Kier alpha value is -1.90. The second-order valence-corrected chi connectivity index (χ2v) is 4.64. The van der Waals surface area contributed by atoms with E-state index in [4.69, 9.17) is 4.42 Å². The summed E-state index contributed by atoms with van der Waals surface area (Å²) in [4.78, 5) is 2.34. The van der Waals surface area contributed by atoms with Crippen molar-refractivity contribution in [3.63, 3.8) is 0 Å². The Morgan fingerprint density at radius 3 is 2.32 bits per heavy atom. The van der Waals surface area contributed by atoms with Gasteiger partial charge in [-0.2, -0.15) is 0 Å². The number of anilines is 2. The second-order valence-electron chi connectivity index (χ2n) is 4.64. The van der Waals surface area contributed by atoms with Gasteiger partial charge in [0.05, 0.1) is 18.6 Å². The first-order valence-corrected chi connectivity index (χ1v) is 6.88. The summed E-state index contributed by atoms with van der Waals surface area (Å²) in [5.74, 6) is 0. The van der Waals surface area contributed by atoms with Gasteiger partial charge in [0.15, 0.2) is 0 Å². The molecule has 0 saturated heterocycles. The predicted molar refractivity (Wildman–Crippen MR) is 80.7 cm³/mol. The highest BCUT2D eigenvalue weighted by Crippen LogP contribution is 2.22. The van der Waals surface area contributed by atoms with E-state index in [-0.39, 0.29) is 6.04 Å². The van der Waals surface area contributed by atoms with Crippen LogP contribution in [0.5, 0.6) is 0 Å². The minimum atomic E-state index is 0.248. The molecule has 2 rings (SSSR count). The third-order valence-corrected chi connectivity index (χ3v) is 3.42. The number of nitrogens with zero attached hydrogens (tertiary/aromatic N) is 1. The van der Waals surface area contributed by atoms with E-state index in [0.29, 0.717) is 0 Å². The molecule has 0 bridgehead atoms. The van der Waals surface area contributed by atoms with Crippen molar-refractivity contribution in [3.8, 4) is 0 Å². The highest BCUT2D eigenvalue weighted by atomic mass is 16.3. The molecule has 1 atom stereocenters. The lowest BCUT2D eigenvalue weighted by Gasteiger charge is -2.21. The number of hydrogen-bond acceptors (Lipinski definition) is 3. The number of nitrogens with one attached hydrogen (secondary N) is 1. The van der Waals surface area contributed by atoms with Gasteiger partial charge in [0.1, 0.15) is 0 Å². The molecular formula is C16H22N2O. The van der Waals surface area contributed by atoms with Gasteiger partial charge in [0, 0.05) is 30.0 Å². The minimum Gasteiger partial charge on any atom is -0.472 e. The second kappa shape index (κ2) is 6.32. The Kier molecular flexibility index (Phi) is 4.50. The van der Waals surface area contributed by atoms with Crippen molar-refractivity contribution < 1.29 is 4.42 Å². The molecule has 0 aliphatic rings. The molecule has 0 aliphatic carbocycles. The van der Waals surface area contributed by atoms with Gasteiger partial charge < -0.3 is 14.6 Å². The smallest absolute Gasteiger partial charge is 0.0955 e. The highest BCUT2D eigenvalue weighted by molar-refractivity contribution is 5.55. The van der Waals surface area contributed by atoms with Crippen molar-refractivity contribution in [1.29, 1.82) is 0 Å². The average molecular weight is 258 g/mol. The summed E-state index contributed by atoms with van der Waals surface area (Å²) in [7, 11) is 0. The summed E-state index contributed by atoms with van der Waals surface area (Å²) in [5, 5.41) is 3.47. The normalized spacial score (nSPS) is 12.2. The van der Waals surface area contributed by atoms with Gasteiger partial charge in [-0.1, -0.05) is 0 Å². The summed E-state index contributed by atoms with van der Waals surface area (Å²) in [5.41, 5.74) is 3.56. The first kappa shape index (κ1) is 13.5. The van der Waals surface area contributed by atoms with E-state index in [9.17, 15) is 0 Å². The van der Waals surface area contributed by atoms with Crippen molar-refractivity contribution in [1.82, 2.24) is 0 Å². The van der Waals surface area contributed by atoms with Crippen LogP contribution in [0.3, 0.4) is 0 Å². The molecule has 1 aromatic carbocycles.